The lowest BCUT2D eigenvalue weighted by atomic mass is 9.96. The van der Waals surface area contributed by atoms with E-state index in [2.05, 4.69) is 37.0 Å². The number of pyridine rings is 1. The first-order valence-corrected chi connectivity index (χ1v) is 6.30. The van der Waals surface area contributed by atoms with E-state index in [1.807, 2.05) is 6.20 Å². The van der Waals surface area contributed by atoms with Crippen LogP contribution in [0.2, 0.25) is 0 Å². The first-order chi connectivity index (χ1) is 8.27. The molecule has 0 bridgehead atoms. The fourth-order valence-electron chi connectivity index (χ4n) is 2.56. The molecule has 1 aliphatic heterocycles. The van der Waals surface area contributed by atoms with Crippen molar-refractivity contribution in [3.8, 4) is 5.75 Å². The molecule has 0 atom stereocenters. The zero-order chi connectivity index (χ0) is 11.8. The summed E-state index contributed by atoms with van der Waals surface area (Å²) in [6, 6.07) is 6.39. The summed E-state index contributed by atoms with van der Waals surface area (Å²) in [4.78, 5) is 4.57. The monoisotopic (exact) mass is 227 g/mol. The Balaban J connectivity index is 2.37. The van der Waals surface area contributed by atoms with Crippen LogP contribution in [0.1, 0.15) is 37.3 Å². The predicted molar refractivity (Wildman–Crippen MR) is 69.6 cm³/mol. The normalized spacial score (nSPS) is 14.8. The number of ether oxygens (including phenoxy) is 1. The summed E-state index contributed by atoms with van der Waals surface area (Å²) < 4.78 is 5.82. The van der Waals surface area contributed by atoms with Gasteiger partial charge in [0.2, 0.25) is 0 Å². The molecule has 1 aliphatic rings. The van der Waals surface area contributed by atoms with Gasteiger partial charge in [-0.1, -0.05) is 19.9 Å². The second-order valence-corrected chi connectivity index (χ2v) is 4.95. The molecule has 0 saturated heterocycles. The molecule has 17 heavy (non-hydrogen) atoms. The standard InChI is InChI=1S/C15H17NO/c1-10(2)12-5-6-13-14-11(4-3-9-17-13)7-8-16-15(12)14/h5-8,10H,3-4,9H2,1-2H3. The van der Waals surface area contributed by atoms with Crippen molar-refractivity contribution in [2.45, 2.75) is 32.6 Å². The molecule has 0 saturated carbocycles. The number of nitrogens with zero attached hydrogens (tertiary/aromatic N) is 1. The molecule has 1 aromatic heterocycles. The molecule has 0 amide bonds. The number of rotatable bonds is 1. The molecule has 0 spiro atoms. The third-order valence-electron chi connectivity index (χ3n) is 3.44. The van der Waals surface area contributed by atoms with E-state index < -0.39 is 0 Å². The molecule has 0 unspecified atom stereocenters. The Morgan fingerprint density at radius 2 is 2.12 bits per heavy atom. The minimum absolute atomic E-state index is 0.495. The molecule has 0 N–H and O–H groups in total. The molecule has 3 rings (SSSR count). The highest BCUT2D eigenvalue weighted by atomic mass is 16.5. The van der Waals surface area contributed by atoms with Gasteiger partial charge in [0.1, 0.15) is 5.75 Å². The van der Waals surface area contributed by atoms with Crippen molar-refractivity contribution in [1.29, 1.82) is 0 Å². The van der Waals surface area contributed by atoms with Crippen LogP contribution in [0.25, 0.3) is 10.9 Å². The maximum absolute atomic E-state index is 5.82. The zero-order valence-corrected chi connectivity index (χ0v) is 10.4. The Kier molecular flexibility index (Phi) is 2.50. The summed E-state index contributed by atoms with van der Waals surface area (Å²) in [6.07, 6.45) is 4.11. The number of benzene rings is 1. The van der Waals surface area contributed by atoms with Crippen LogP contribution in [0, 0.1) is 0 Å². The van der Waals surface area contributed by atoms with Crippen LogP contribution in [0.3, 0.4) is 0 Å². The van der Waals surface area contributed by atoms with Gasteiger partial charge in [0.05, 0.1) is 12.1 Å². The maximum atomic E-state index is 5.82. The molecule has 2 nitrogen and oxygen atoms in total. The minimum atomic E-state index is 0.495. The van der Waals surface area contributed by atoms with E-state index in [-0.39, 0.29) is 0 Å². The van der Waals surface area contributed by atoms with E-state index in [1.54, 1.807) is 0 Å². The van der Waals surface area contributed by atoms with Gasteiger partial charge in [-0.3, -0.25) is 4.98 Å². The second-order valence-electron chi connectivity index (χ2n) is 4.95. The summed E-state index contributed by atoms with van der Waals surface area (Å²) >= 11 is 0. The van der Waals surface area contributed by atoms with E-state index in [1.165, 1.54) is 16.5 Å². The van der Waals surface area contributed by atoms with E-state index in [0.29, 0.717) is 5.92 Å². The fourth-order valence-corrected chi connectivity index (χ4v) is 2.56. The van der Waals surface area contributed by atoms with E-state index >= 15 is 0 Å². The van der Waals surface area contributed by atoms with Gasteiger partial charge < -0.3 is 4.74 Å². The third kappa shape index (κ3) is 1.68. The molecule has 2 heterocycles. The van der Waals surface area contributed by atoms with Gasteiger partial charge in [-0.15, -0.1) is 0 Å². The molecule has 0 fully saturated rings. The van der Waals surface area contributed by atoms with Crippen molar-refractivity contribution < 1.29 is 4.74 Å². The van der Waals surface area contributed by atoms with E-state index in [0.717, 1.165) is 30.7 Å². The minimum Gasteiger partial charge on any atom is -0.493 e. The topological polar surface area (TPSA) is 22.1 Å². The van der Waals surface area contributed by atoms with Crippen LogP contribution in [-0.2, 0) is 6.42 Å². The molecule has 2 heteroatoms. The van der Waals surface area contributed by atoms with Gasteiger partial charge in [-0.2, -0.15) is 0 Å². The highest BCUT2D eigenvalue weighted by Crippen LogP contribution is 2.35. The Hall–Kier alpha value is -1.57. The largest absolute Gasteiger partial charge is 0.493 e. The zero-order valence-electron chi connectivity index (χ0n) is 10.4. The second kappa shape index (κ2) is 4.02. The first-order valence-electron chi connectivity index (χ1n) is 6.30. The van der Waals surface area contributed by atoms with Gasteiger partial charge >= 0.3 is 0 Å². The lowest BCUT2D eigenvalue weighted by molar-refractivity contribution is 0.319. The SMILES string of the molecule is CC(C)c1ccc2c3c(ccnc13)CCCO2. The number of aromatic nitrogens is 1. The lowest BCUT2D eigenvalue weighted by Gasteiger charge is -2.13. The Bertz CT molecular complexity index is 548. The molecule has 88 valence electrons. The Morgan fingerprint density at radius 1 is 1.24 bits per heavy atom. The summed E-state index contributed by atoms with van der Waals surface area (Å²) in [6.45, 7) is 5.23. The van der Waals surface area contributed by atoms with Crippen molar-refractivity contribution in [2.24, 2.45) is 0 Å². The van der Waals surface area contributed by atoms with Crippen molar-refractivity contribution in [3.63, 3.8) is 0 Å². The molecular formula is C15H17NO. The van der Waals surface area contributed by atoms with Gasteiger partial charge in [-0.05, 0) is 42.0 Å². The summed E-state index contributed by atoms with van der Waals surface area (Å²) in [5.41, 5.74) is 3.82. The van der Waals surface area contributed by atoms with Crippen LogP contribution in [0.4, 0.5) is 0 Å². The van der Waals surface area contributed by atoms with Crippen LogP contribution in [0.5, 0.6) is 5.75 Å². The number of hydrogen-bond donors (Lipinski definition) is 0. The van der Waals surface area contributed by atoms with E-state index in [4.69, 9.17) is 4.74 Å². The van der Waals surface area contributed by atoms with Crippen LogP contribution < -0.4 is 4.74 Å². The van der Waals surface area contributed by atoms with E-state index in [9.17, 15) is 0 Å². The maximum Gasteiger partial charge on any atom is 0.128 e. The van der Waals surface area contributed by atoms with Gasteiger partial charge in [-0.25, -0.2) is 0 Å². The molecule has 0 radical (unpaired) electrons. The number of aryl methyl sites for hydroxylation is 1. The van der Waals surface area contributed by atoms with Gasteiger partial charge in [0.15, 0.2) is 0 Å². The smallest absolute Gasteiger partial charge is 0.128 e. The Labute approximate surface area is 102 Å². The molecule has 1 aromatic carbocycles. The first kappa shape index (κ1) is 10.6. The molecule has 2 aromatic rings. The molecular weight excluding hydrogens is 210 g/mol. The molecule has 0 aliphatic carbocycles. The van der Waals surface area contributed by atoms with Crippen LogP contribution >= 0.6 is 0 Å². The highest BCUT2D eigenvalue weighted by molar-refractivity contribution is 5.91. The summed E-state index contributed by atoms with van der Waals surface area (Å²) in [5.74, 6) is 1.50. The van der Waals surface area contributed by atoms with Crippen molar-refractivity contribution in [1.82, 2.24) is 4.98 Å². The van der Waals surface area contributed by atoms with Crippen LogP contribution in [0.15, 0.2) is 24.4 Å². The Morgan fingerprint density at radius 3 is 2.94 bits per heavy atom. The average molecular weight is 227 g/mol. The van der Waals surface area contributed by atoms with Gasteiger partial charge in [0, 0.05) is 11.6 Å². The van der Waals surface area contributed by atoms with Crippen molar-refractivity contribution >= 4 is 10.9 Å². The fraction of sp³-hybridized carbons (Fsp3) is 0.400. The average Bonchev–Trinajstić information content (AvgIpc) is 2.54. The predicted octanol–water partition coefficient (Wildman–Crippen LogP) is 3.68. The quantitative estimate of drug-likeness (QED) is 0.741. The summed E-state index contributed by atoms with van der Waals surface area (Å²) in [5, 5.41) is 1.23. The van der Waals surface area contributed by atoms with Crippen molar-refractivity contribution in [2.75, 3.05) is 6.61 Å². The van der Waals surface area contributed by atoms with Crippen LogP contribution in [-0.4, -0.2) is 11.6 Å². The lowest BCUT2D eigenvalue weighted by Crippen LogP contribution is -1.97. The van der Waals surface area contributed by atoms with Crippen molar-refractivity contribution in [3.05, 3.63) is 35.5 Å². The highest BCUT2D eigenvalue weighted by Gasteiger charge is 2.16. The number of hydrogen-bond acceptors (Lipinski definition) is 2. The third-order valence-corrected chi connectivity index (χ3v) is 3.44. The summed E-state index contributed by atoms with van der Waals surface area (Å²) in [7, 11) is 0. The van der Waals surface area contributed by atoms with Gasteiger partial charge in [0.25, 0.3) is 0 Å².